The molecule has 0 saturated carbocycles. The van der Waals surface area contributed by atoms with E-state index in [1.165, 1.54) is 0 Å². The fraction of sp³-hybridized carbons (Fsp3) is 0.909. The molecule has 4 nitrogen and oxygen atoms in total. The Labute approximate surface area is 92.4 Å². The summed E-state index contributed by atoms with van der Waals surface area (Å²) in [6.45, 7) is 7.01. The first kappa shape index (κ1) is 14.4. The van der Waals surface area contributed by atoms with Crippen LogP contribution in [0.5, 0.6) is 0 Å². The highest BCUT2D eigenvalue weighted by atomic mass is 16.3. The van der Waals surface area contributed by atoms with Crippen molar-refractivity contribution in [2.45, 2.75) is 33.3 Å². The highest BCUT2D eigenvalue weighted by Gasteiger charge is 2.13. The highest BCUT2D eigenvalue weighted by molar-refractivity contribution is 5.78. The van der Waals surface area contributed by atoms with Crippen molar-refractivity contribution in [1.82, 2.24) is 10.6 Å². The zero-order valence-corrected chi connectivity index (χ0v) is 10.2. The van der Waals surface area contributed by atoms with Crippen LogP contribution in [0.2, 0.25) is 0 Å². The Balaban J connectivity index is 3.70. The van der Waals surface area contributed by atoms with E-state index in [0.29, 0.717) is 19.0 Å². The number of amides is 1. The van der Waals surface area contributed by atoms with Gasteiger partial charge in [0, 0.05) is 19.0 Å². The van der Waals surface area contributed by atoms with E-state index in [4.69, 9.17) is 5.11 Å². The minimum atomic E-state index is -0.299. The summed E-state index contributed by atoms with van der Waals surface area (Å²) < 4.78 is 0. The van der Waals surface area contributed by atoms with E-state index >= 15 is 0 Å². The predicted octanol–water partition coefficient (Wildman–Crippen LogP) is 0.365. The SMILES string of the molecule is CNCC(C)C(=O)NCC(C)CC(C)O. The monoisotopic (exact) mass is 216 g/mol. The fourth-order valence-corrected chi connectivity index (χ4v) is 1.51. The Morgan fingerprint density at radius 2 is 1.87 bits per heavy atom. The molecule has 0 bridgehead atoms. The molecule has 0 aromatic rings. The average Bonchev–Trinajstić information content (AvgIpc) is 2.13. The Hall–Kier alpha value is -0.610. The van der Waals surface area contributed by atoms with Crippen LogP contribution in [-0.2, 0) is 4.79 Å². The minimum absolute atomic E-state index is 0.00579. The molecule has 0 saturated heterocycles. The summed E-state index contributed by atoms with van der Waals surface area (Å²) in [5.74, 6) is 0.381. The molecular formula is C11H24N2O2. The molecule has 3 atom stereocenters. The van der Waals surface area contributed by atoms with Crippen molar-refractivity contribution < 1.29 is 9.90 Å². The molecule has 3 N–H and O–H groups in total. The number of rotatable bonds is 7. The number of carbonyl (C=O) groups excluding carboxylic acids is 1. The Morgan fingerprint density at radius 1 is 1.27 bits per heavy atom. The Morgan fingerprint density at radius 3 is 2.33 bits per heavy atom. The van der Waals surface area contributed by atoms with Gasteiger partial charge in [-0.05, 0) is 26.3 Å². The molecule has 0 aromatic heterocycles. The van der Waals surface area contributed by atoms with Gasteiger partial charge in [0.2, 0.25) is 5.91 Å². The van der Waals surface area contributed by atoms with Crippen molar-refractivity contribution in [2.75, 3.05) is 20.1 Å². The first-order chi connectivity index (χ1) is 6.97. The van der Waals surface area contributed by atoms with E-state index in [2.05, 4.69) is 10.6 Å². The van der Waals surface area contributed by atoms with Gasteiger partial charge < -0.3 is 15.7 Å². The van der Waals surface area contributed by atoms with Gasteiger partial charge in [0.25, 0.3) is 0 Å². The molecule has 0 fully saturated rings. The lowest BCUT2D eigenvalue weighted by atomic mass is 10.0. The average molecular weight is 216 g/mol. The molecule has 0 heterocycles. The largest absolute Gasteiger partial charge is 0.393 e. The molecular weight excluding hydrogens is 192 g/mol. The van der Waals surface area contributed by atoms with Crippen LogP contribution in [0.25, 0.3) is 0 Å². The maximum atomic E-state index is 11.5. The summed E-state index contributed by atoms with van der Waals surface area (Å²) in [6, 6.07) is 0. The van der Waals surface area contributed by atoms with Gasteiger partial charge >= 0.3 is 0 Å². The van der Waals surface area contributed by atoms with Crippen LogP contribution in [0.15, 0.2) is 0 Å². The zero-order chi connectivity index (χ0) is 11.8. The van der Waals surface area contributed by atoms with E-state index in [1.807, 2.05) is 20.9 Å². The summed E-state index contributed by atoms with van der Waals surface area (Å²) >= 11 is 0. The van der Waals surface area contributed by atoms with E-state index < -0.39 is 0 Å². The number of carbonyl (C=O) groups is 1. The lowest BCUT2D eigenvalue weighted by Gasteiger charge is -2.16. The second-order valence-corrected chi connectivity index (χ2v) is 4.39. The number of hydrogen-bond acceptors (Lipinski definition) is 3. The molecule has 4 heteroatoms. The number of nitrogens with one attached hydrogen (secondary N) is 2. The molecule has 3 unspecified atom stereocenters. The van der Waals surface area contributed by atoms with Crippen LogP contribution >= 0.6 is 0 Å². The fourth-order valence-electron chi connectivity index (χ4n) is 1.51. The molecule has 0 aliphatic carbocycles. The van der Waals surface area contributed by atoms with Crippen LogP contribution in [0, 0.1) is 11.8 Å². The number of aliphatic hydroxyl groups excluding tert-OH is 1. The van der Waals surface area contributed by atoms with Crippen LogP contribution in [0.3, 0.4) is 0 Å². The molecule has 0 aliphatic heterocycles. The second kappa shape index (κ2) is 7.65. The zero-order valence-electron chi connectivity index (χ0n) is 10.2. The van der Waals surface area contributed by atoms with Gasteiger partial charge in [-0.15, -0.1) is 0 Å². The molecule has 0 rings (SSSR count). The molecule has 90 valence electrons. The van der Waals surface area contributed by atoms with Gasteiger partial charge in [-0.3, -0.25) is 4.79 Å². The standard InChI is InChI=1S/C11H24N2O2/c1-8(5-10(3)14)6-13-11(15)9(2)7-12-4/h8-10,12,14H,5-7H2,1-4H3,(H,13,15). The third-order valence-corrected chi connectivity index (χ3v) is 2.33. The Kier molecular flexibility index (Phi) is 7.34. The molecule has 0 spiro atoms. The first-order valence-electron chi connectivity index (χ1n) is 5.57. The maximum Gasteiger partial charge on any atom is 0.224 e. The predicted molar refractivity (Wildman–Crippen MR) is 61.6 cm³/mol. The minimum Gasteiger partial charge on any atom is -0.393 e. The van der Waals surface area contributed by atoms with E-state index in [1.54, 1.807) is 6.92 Å². The van der Waals surface area contributed by atoms with Crippen molar-refractivity contribution in [1.29, 1.82) is 0 Å². The lowest BCUT2D eigenvalue weighted by Crippen LogP contribution is -2.37. The van der Waals surface area contributed by atoms with Crippen LogP contribution < -0.4 is 10.6 Å². The van der Waals surface area contributed by atoms with E-state index in [9.17, 15) is 4.79 Å². The second-order valence-electron chi connectivity index (χ2n) is 4.39. The van der Waals surface area contributed by atoms with Crippen LogP contribution in [-0.4, -0.2) is 37.3 Å². The molecule has 0 radical (unpaired) electrons. The Bertz CT molecular complexity index is 183. The van der Waals surface area contributed by atoms with Crippen LogP contribution in [0.4, 0.5) is 0 Å². The summed E-state index contributed by atoms with van der Waals surface area (Å²) in [6.07, 6.45) is 0.423. The van der Waals surface area contributed by atoms with E-state index in [0.717, 1.165) is 6.42 Å². The number of aliphatic hydroxyl groups is 1. The molecule has 15 heavy (non-hydrogen) atoms. The van der Waals surface area contributed by atoms with Gasteiger partial charge in [0.15, 0.2) is 0 Å². The summed E-state index contributed by atoms with van der Waals surface area (Å²) in [5.41, 5.74) is 0. The van der Waals surface area contributed by atoms with Gasteiger partial charge in [0.1, 0.15) is 0 Å². The van der Waals surface area contributed by atoms with Gasteiger partial charge in [0.05, 0.1) is 6.10 Å². The maximum absolute atomic E-state index is 11.5. The van der Waals surface area contributed by atoms with Crippen molar-refractivity contribution in [2.24, 2.45) is 11.8 Å². The summed E-state index contributed by atoms with van der Waals surface area (Å²) in [7, 11) is 1.83. The van der Waals surface area contributed by atoms with Gasteiger partial charge in [-0.1, -0.05) is 13.8 Å². The van der Waals surface area contributed by atoms with E-state index in [-0.39, 0.29) is 17.9 Å². The van der Waals surface area contributed by atoms with Crippen molar-refractivity contribution in [3.8, 4) is 0 Å². The number of hydrogen-bond donors (Lipinski definition) is 3. The molecule has 0 aliphatic rings. The lowest BCUT2D eigenvalue weighted by molar-refractivity contribution is -0.124. The highest BCUT2D eigenvalue weighted by Crippen LogP contribution is 2.04. The van der Waals surface area contributed by atoms with Gasteiger partial charge in [-0.25, -0.2) is 0 Å². The smallest absolute Gasteiger partial charge is 0.224 e. The van der Waals surface area contributed by atoms with Gasteiger partial charge in [-0.2, -0.15) is 0 Å². The van der Waals surface area contributed by atoms with Crippen molar-refractivity contribution >= 4 is 5.91 Å². The van der Waals surface area contributed by atoms with Crippen molar-refractivity contribution in [3.63, 3.8) is 0 Å². The third kappa shape index (κ3) is 7.33. The summed E-state index contributed by atoms with van der Waals surface area (Å²) in [4.78, 5) is 11.5. The molecule has 0 aromatic carbocycles. The topological polar surface area (TPSA) is 61.4 Å². The van der Waals surface area contributed by atoms with Crippen molar-refractivity contribution in [3.05, 3.63) is 0 Å². The third-order valence-electron chi connectivity index (χ3n) is 2.33. The summed E-state index contributed by atoms with van der Waals surface area (Å²) in [5, 5.41) is 15.0. The van der Waals surface area contributed by atoms with Crippen LogP contribution in [0.1, 0.15) is 27.2 Å². The normalized spacial score (nSPS) is 16.9. The first-order valence-corrected chi connectivity index (χ1v) is 5.57. The quantitative estimate of drug-likeness (QED) is 0.576. The molecule has 1 amide bonds.